The van der Waals surface area contributed by atoms with Gasteiger partial charge in [-0.25, -0.2) is 0 Å². The van der Waals surface area contributed by atoms with E-state index in [1.165, 1.54) is 24.5 Å². The summed E-state index contributed by atoms with van der Waals surface area (Å²) in [5.41, 5.74) is 4.64. The minimum Gasteiger partial charge on any atom is -0.373 e. The van der Waals surface area contributed by atoms with E-state index in [4.69, 9.17) is 4.74 Å². The van der Waals surface area contributed by atoms with Gasteiger partial charge in [-0.05, 0) is 43.0 Å². The number of nitrogens with zero attached hydrogens (tertiary/aromatic N) is 2. The van der Waals surface area contributed by atoms with Crippen LogP contribution in [0.4, 0.5) is 11.4 Å². The van der Waals surface area contributed by atoms with Crippen molar-refractivity contribution in [3.05, 3.63) is 35.4 Å². The highest BCUT2D eigenvalue weighted by molar-refractivity contribution is 6.00. The smallest absolute Gasteiger partial charge is 0.229 e. The molecule has 0 aromatic heterocycles. The number of nitrogens with one attached hydrogen (secondary N) is 1. The summed E-state index contributed by atoms with van der Waals surface area (Å²) in [6.07, 6.45) is 5.07. The van der Waals surface area contributed by atoms with Crippen molar-refractivity contribution in [3.63, 3.8) is 0 Å². The Morgan fingerprint density at radius 2 is 2.24 bits per heavy atom. The summed E-state index contributed by atoms with van der Waals surface area (Å²) in [4.78, 5) is 29.8. The maximum absolute atomic E-state index is 13.4. The first-order valence-electron chi connectivity index (χ1n) is 10.9. The van der Waals surface area contributed by atoms with Crippen molar-refractivity contribution in [1.29, 1.82) is 0 Å². The van der Waals surface area contributed by atoms with E-state index >= 15 is 0 Å². The van der Waals surface area contributed by atoms with E-state index in [0.717, 1.165) is 30.9 Å². The Morgan fingerprint density at radius 1 is 1.34 bits per heavy atom. The van der Waals surface area contributed by atoms with Crippen LogP contribution < -0.4 is 10.2 Å². The van der Waals surface area contributed by atoms with E-state index in [-0.39, 0.29) is 29.4 Å². The Bertz CT molecular complexity index is 1000. The molecular formula is C23H25N3O3. The summed E-state index contributed by atoms with van der Waals surface area (Å²) in [6.45, 7) is 4.32. The number of hydrogen-bond acceptors (Lipinski definition) is 4. The number of hydrogen-bond donors (Lipinski definition) is 1. The highest BCUT2D eigenvalue weighted by Gasteiger charge is 2.70. The second kappa shape index (κ2) is 5.29. The van der Waals surface area contributed by atoms with E-state index in [0.29, 0.717) is 30.9 Å². The highest BCUT2D eigenvalue weighted by atomic mass is 16.5. The SMILES string of the molecule is CC(=O)Nc1ccc2c(c1)N1C(=O)C[C@@H]3OCC=C4CN5CCC26[C@@H]5C[C@@H]4[C@@H]3[C@H]16. The summed E-state index contributed by atoms with van der Waals surface area (Å²) in [7, 11) is 0. The van der Waals surface area contributed by atoms with Crippen LogP contribution in [0.25, 0.3) is 0 Å². The number of piperidine rings is 2. The Labute approximate surface area is 169 Å². The molecule has 6 aliphatic rings. The lowest BCUT2D eigenvalue weighted by atomic mass is 9.53. The monoisotopic (exact) mass is 391 g/mol. The first-order valence-corrected chi connectivity index (χ1v) is 10.9. The number of carbonyl (C=O) groups is 2. The van der Waals surface area contributed by atoms with Crippen LogP contribution in [0.2, 0.25) is 0 Å². The summed E-state index contributed by atoms with van der Waals surface area (Å²) in [6, 6.07) is 6.90. The molecule has 29 heavy (non-hydrogen) atoms. The van der Waals surface area contributed by atoms with Gasteiger partial charge in [-0.2, -0.15) is 0 Å². The molecule has 2 bridgehead atoms. The zero-order valence-corrected chi connectivity index (χ0v) is 16.6. The van der Waals surface area contributed by atoms with Crippen molar-refractivity contribution >= 4 is 23.2 Å². The fraction of sp³-hybridized carbons (Fsp3) is 0.565. The molecule has 1 aromatic rings. The molecule has 6 heteroatoms. The van der Waals surface area contributed by atoms with Gasteiger partial charge in [0, 0.05) is 42.2 Å². The van der Waals surface area contributed by atoms with Crippen LogP contribution in [0.1, 0.15) is 31.7 Å². The van der Waals surface area contributed by atoms with Crippen LogP contribution in [0.5, 0.6) is 0 Å². The van der Waals surface area contributed by atoms with E-state index in [2.05, 4.69) is 27.3 Å². The summed E-state index contributed by atoms with van der Waals surface area (Å²) in [5, 5.41) is 2.91. The second-order valence-electron chi connectivity index (χ2n) is 9.67. The largest absolute Gasteiger partial charge is 0.373 e. The van der Waals surface area contributed by atoms with Crippen molar-refractivity contribution in [2.45, 2.75) is 49.8 Å². The lowest BCUT2D eigenvalue weighted by molar-refractivity contribution is -0.132. The van der Waals surface area contributed by atoms with Crippen LogP contribution >= 0.6 is 0 Å². The number of rotatable bonds is 1. The first-order chi connectivity index (χ1) is 14.1. The Hall–Kier alpha value is -2.18. The van der Waals surface area contributed by atoms with E-state index in [1.54, 1.807) is 0 Å². The van der Waals surface area contributed by atoms with Gasteiger partial charge in [-0.1, -0.05) is 17.7 Å². The van der Waals surface area contributed by atoms with Crippen molar-refractivity contribution in [2.24, 2.45) is 11.8 Å². The molecule has 5 aliphatic heterocycles. The maximum Gasteiger partial charge on any atom is 0.229 e. The van der Waals surface area contributed by atoms with Gasteiger partial charge < -0.3 is 15.0 Å². The van der Waals surface area contributed by atoms with Gasteiger partial charge in [-0.15, -0.1) is 0 Å². The number of amides is 2. The molecule has 1 saturated carbocycles. The molecule has 0 radical (unpaired) electrons. The van der Waals surface area contributed by atoms with Gasteiger partial charge in [0.1, 0.15) is 0 Å². The highest BCUT2D eigenvalue weighted by Crippen LogP contribution is 2.65. The predicted octanol–water partition coefficient (Wildman–Crippen LogP) is 2.05. The molecule has 5 heterocycles. The van der Waals surface area contributed by atoms with Crippen molar-refractivity contribution in [3.8, 4) is 0 Å². The summed E-state index contributed by atoms with van der Waals surface area (Å²) >= 11 is 0. The zero-order valence-electron chi connectivity index (χ0n) is 16.6. The third-order valence-electron chi connectivity index (χ3n) is 8.63. The molecule has 1 unspecified atom stereocenters. The van der Waals surface area contributed by atoms with E-state index < -0.39 is 0 Å². The lowest BCUT2D eigenvalue weighted by Gasteiger charge is -2.58. The fourth-order valence-corrected chi connectivity index (χ4v) is 7.84. The minimum absolute atomic E-state index is 0.00118. The van der Waals surface area contributed by atoms with Gasteiger partial charge in [0.2, 0.25) is 11.8 Å². The van der Waals surface area contributed by atoms with Crippen LogP contribution in [0.15, 0.2) is 29.8 Å². The first kappa shape index (κ1) is 16.6. The maximum atomic E-state index is 13.4. The van der Waals surface area contributed by atoms with Gasteiger partial charge in [-0.3, -0.25) is 14.5 Å². The third kappa shape index (κ3) is 1.86. The van der Waals surface area contributed by atoms with Gasteiger partial charge in [0.05, 0.1) is 25.2 Å². The number of carbonyl (C=O) groups excluding carboxylic acids is 2. The molecule has 1 aliphatic carbocycles. The lowest BCUT2D eigenvalue weighted by Crippen LogP contribution is -2.69. The normalized spacial score (nSPS) is 41.0. The van der Waals surface area contributed by atoms with Crippen LogP contribution in [0, 0.1) is 11.8 Å². The average molecular weight is 391 g/mol. The minimum atomic E-state index is -0.0848. The third-order valence-corrected chi connectivity index (χ3v) is 8.63. The van der Waals surface area contributed by atoms with Crippen molar-refractivity contribution < 1.29 is 14.3 Å². The molecule has 1 spiro atoms. The zero-order chi connectivity index (χ0) is 19.5. The average Bonchev–Trinajstić information content (AvgIpc) is 3.15. The number of anilines is 2. The molecule has 7 rings (SSSR count). The van der Waals surface area contributed by atoms with E-state index in [9.17, 15) is 9.59 Å². The molecule has 6 nitrogen and oxygen atoms in total. The quantitative estimate of drug-likeness (QED) is 0.745. The summed E-state index contributed by atoms with van der Waals surface area (Å²) in [5.74, 6) is 0.990. The van der Waals surface area contributed by atoms with Gasteiger partial charge >= 0.3 is 0 Å². The molecule has 6 atom stereocenters. The molecule has 150 valence electrons. The number of ether oxygens (including phenoxy) is 1. The number of fused-ring (bicyclic) bond motifs is 2. The molecule has 4 fully saturated rings. The van der Waals surface area contributed by atoms with Crippen molar-refractivity contribution in [1.82, 2.24) is 4.90 Å². The second-order valence-corrected chi connectivity index (χ2v) is 9.67. The van der Waals surface area contributed by atoms with Crippen LogP contribution in [-0.2, 0) is 19.7 Å². The van der Waals surface area contributed by atoms with Crippen LogP contribution in [-0.4, -0.2) is 54.6 Å². The van der Waals surface area contributed by atoms with Crippen LogP contribution in [0.3, 0.4) is 0 Å². The molecule has 3 saturated heterocycles. The Balaban J connectivity index is 1.47. The predicted molar refractivity (Wildman–Crippen MR) is 108 cm³/mol. The Morgan fingerprint density at radius 3 is 3.10 bits per heavy atom. The van der Waals surface area contributed by atoms with Gasteiger partial charge in [0.15, 0.2) is 0 Å². The molecule has 1 aromatic carbocycles. The van der Waals surface area contributed by atoms with E-state index in [1.807, 2.05) is 12.1 Å². The molecular weight excluding hydrogens is 366 g/mol. The van der Waals surface area contributed by atoms with Gasteiger partial charge in [0.25, 0.3) is 0 Å². The number of benzene rings is 1. The standard InChI is InChI=1S/C23H25N3O3/c1-12(27)24-14-2-3-16-17(8-14)26-20(28)10-18-21-15-9-19-23(16,22(21)26)5-6-25(19)11-13(15)4-7-29-18/h2-4,8,15,18-19,21-22H,5-7,9-11H2,1H3,(H,24,27)/t15-,18-,19-,21-,22-,23?/m0/s1. The fourth-order valence-electron chi connectivity index (χ4n) is 7.84. The molecule has 2 amide bonds. The van der Waals surface area contributed by atoms with Crippen molar-refractivity contribution in [2.75, 3.05) is 29.9 Å². The Kier molecular flexibility index (Phi) is 3.03. The topological polar surface area (TPSA) is 61.9 Å². The molecule has 1 N–H and O–H groups in total. The summed E-state index contributed by atoms with van der Waals surface area (Å²) < 4.78 is 6.27.